The molecule has 11 nitrogen and oxygen atoms in total. The molecule has 20 heavy (non-hydrogen) atoms. The number of hydrazine groups is 1. The zero-order valence-corrected chi connectivity index (χ0v) is 11.8. The highest BCUT2D eigenvalue weighted by molar-refractivity contribution is 9.10. The molecular weight excluding hydrogens is 342 g/mol. The Kier molecular flexibility index (Phi) is 4.39. The normalized spacial score (nSPS) is 9.95. The van der Waals surface area contributed by atoms with E-state index in [9.17, 15) is 30.3 Å². The van der Waals surface area contributed by atoms with E-state index in [1.54, 1.807) is 0 Å². The van der Waals surface area contributed by atoms with Crippen LogP contribution in [0.3, 0.4) is 0 Å². The smallest absolute Gasteiger partial charge is 0.329 e. The van der Waals surface area contributed by atoms with Crippen LogP contribution in [0, 0.1) is 30.3 Å². The monoisotopic (exact) mass is 349 g/mol. The lowest BCUT2D eigenvalue weighted by Gasteiger charge is -2.13. The lowest BCUT2D eigenvalue weighted by atomic mass is 10.2. The van der Waals surface area contributed by atoms with E-state index in [0.29, 0.717) is 5.01 Å². The molecule has 0 fully saturated rings. The Morgan fingerprint density at radius 1 is 1.20 bits per heavy atom. The average Bonchev–Trinajstić information content (AvgIpc) is 2.35. The van der Waals surface area contributed by atoms with E-state index >= 15 is 0 Å². The number of halogens is 1. The van der Waals surface area contributed by atoms with E-state index in [1.807, 2.05) is 0 Å². The van der Waals surface area contributed by atoms with Gasteiger partial charge in [0.15, 0.2) is 16.4 Å². The van der Waals surface area contributed by atoms with Gasteiger partial charge >= 0.3 is 11.4 Å². The van der Waals surface area contributed by atoms with Crippen molar-refractivity contribution in [3.63, 3.8) is 0 Å². The van der Waals surface area contributed by atoms with Gasteiger partial charge < -0.3 is 5.32 Å². The summed E-state index contributed by atoms with van der Waals surface area (Å²) in [4.78, 5) is 31.1. The number of nitrogens with one attached hydrogen (secondary N) is 1. The second kappa shape index (κ2) is 5.64. The second-order valence-electron chi connectivity index (χ2n) is 3.48. The predicted molar refractivity (Wildman–Crippen MR) is 72.4 cm³/mol. The molecule has 0 aliphatic heterocycles. The summed E-state index contributed by atoms with van der Waals surface area (Å²) in [6.45, 7) is 0. The van der Waals surface area contributed by atoms with Gasteiger partial charge in [0.05, 0.1) is 21.4 Å². The number of hydrogen-bond donors (Lipinski definition) is 1. The molecule has 0 bridgehead atoms. The molecule has 0 saturated carbocycles. The van der Waals surface area contributed by atoms with Crippen molar-refractivity contribution in [2.24, 2.45) is 0 Å². The Bertz CT molecular complexity index is 606. The first-order chi connectivity index (χ1) is 9.22. The predicted octanol–water partition coefficient (Wildman–Crippen LogP) is 1.94. The lowest BCUT2D eigenvalue weighted by Crippen LogP contribution is -2.26. The average molecular weight is 350 g/mol. The SMILES string of the molecule is CNc1c([N+](=O)[O-])cc(Br)c(N(C)[N+](=O)[O-])c1[N+](=O)[O-]. The van der Waals surface area contributed by atoms with Gasteiger partial charge in [0.25, 0.3) is 0 Å². The summed E-state index contributed by atoms with van der Waals surface area (Å²) in [6.07, 6.45) is 0. The maximum atomic E-state index is 11.1. The topological polar surface area (TPSA) is 145 Å². The highest BCUT2D eigenvalue weighted by Crippen LogP contribution is 2.46. The van der Waals surface area contributed by atoms with Crippen molar-refractivity contribution < 1.29 is 14.9 Å². The molecule has 0 amide bonds. The van der Waals surface area contributed by atoms with Gasteiger partial charge in [-0.1, -0.05) is 5.01 Å². The van der Waals surface area contributed by atoms with Gasteiger partial charge in [-0.05, 0) is 15.9 Å². The minimum Gasteiger partial charge on any atom is -0.377 e. The number of nitrogens with zero attached hydrogens (tertiary/aromatic N) is 4. The quantitative estimate of drug-likeness (QED) is 0.626. The molecule has 12 heteroatoms. The zero-order chi connectivity index (χ0) is 15.6. The van der Waals surface area contributed by atoms with Crippen LogP contribution in [0.25, 0.3) is 0 Å². The van der Waals surface area contributed by atoms with Crippen LogP contribution in [0.2, 0.25) is 0 Å². The maximum absolute atomic E-state index is 11.1. The molecular formula is C8H8BrN5O6. The maximum Gasteiger partial charge on any atom is 0.329 e. The van der Waals surface area contributed by atoms with E-state index in [4.69, 9.17) is 0 Å². The largest absolute Gasteiger partial charge is 0.377 e. The van der Waals surface area contributed by atoms with Crippen molar-refractivity contribution >= 4 is 38.7 Å². The van der Waals surface area contributed by atoms with Crippen LogP contribution in [0.4, 0.5) is 22.7 Å². The summed E-state index contributed by atoms with van der Waals surface area (Å²) in [5.41, 5.74) is -2.12. The highest BCUT2D eigenvalue weighted by atomic mass is 79.9. The van der Waals surface area contributed by atoms with Crippen LogP contribution in [-0.4, -0.2) is 29.0 Å². The minimum atomic E-state index is -0.918. The molecule has 0 aliphatic carbocycles. The molecule has 1 rings (SSSR count). The molecule has 0 saturated heterocycles. The molecule has 0 spiro atoms. The summed E-state index contributed by atoms with van der Waals surface area (Å²) in [5, 5.41) is 34.7. The van der Waals surface area contributed by atoms with Crippen LogP contribution in [-0.2, 0) is 0 Å². The van der Waals surface area contributed by atoms with Crippen molar-refractivity contribution in [1.29, 1.82) is 0 Å². The van der Waals surface area contributed by atoms with Gasteiger partial charge in [0.1, 0.15) is 0 Å². The van der Waals surface area contributed by atoms with Crippen LogP contribution in [0.5, 0.6) is 0 Å². The number of anilines is 2. The number of nitro benzene ring substituents is 2. The van der Waals surface area contributed by atoms with E-state index < -0.39 is 37.6 Å². The van der Waals surface area contributed by atoms with Crippen molar-refractivity contribution in [2.45, 2.75) is 0 Å². The molecule has 0 unspecified atom stereocenters. The molecule has 0 atom stereocenters. The number of nitro groups is 3. The first-order valence-electron chi connectivity index (χ1n) is 4.93. The van der Waals surface area contributed by atoms with Crippen LogP contribution in [0.15, 0.2) is 10.5 Å². The van der Waals surface area contributed by atoms with Gasteiger partial charge in [-0.15, -0.1) is 0 Å². The molecule has 1 N–H and O–H groups in total. The molecule has 1 aromatic rings. The van der Waals surface area contributed by atoms with Gasteiger partial charge in [-0.25, -0.2) is 10.1 Å². The van der Waals surface area contributed by atoms with E-state index in [2.05, 4.69) is 21.2 Å². The first-order valence-corrected chi connectivity index (χ1v) is 5.72. The second-order valence-corrected chi connectivity index (χ2v) is 4.33. The summed E-state index contributed by atoms with van der Waals surface area (Å²) >= 11 is 2.88. The Hall–Kier alpha value is -2.50. The van der Waals surface area contributed by atoms with Crippen LogP contribution in [0.1, 0.15) is 0 Å². The third-order valence-electron chi connectivity index (χ3n) is 2.40. The Balaban J connectivity index is 3.81. The van der Waals surface area contributed by atoms with Crippen molar-refractivity contribution in [3.05, 3.63) is 40.9 Å². The molecule has 0 heterocycles. The first kappa shape index (κ1) is 15.6. The van der Waals surface area contributed by atoms with Gasteiger partial charge in [-0.3, -0.25) is 20.2 Å². The standard InChI is InChI=1S/C8H8BrN5O6/c1-10-6-5(12(15)16)3-4(9)7(8(6)13(17)18)11(2)14(19)20/h3,10H,1-2H3. The summed E-state index contributed by atoms with van der Waals surface area (Å²) < 4.78 is -0.130. The third kappa shape index (κ3) is 2.59. The minimum absolute atomic E-state index is 0.130. The van der Waals surface area contributed by atoms with Crippen molar-refractivity contribution in [2.75, 3.05) is 24.4 Å². The molecule has 0 aliphatic rings. The van der Waals surface area contributed by atoms with Crippen LogP contribution < -0.4 is 10.3 Å². The number of benzene rings is 1. The van der Waals surface area contributed by atoms with E-state index in [-0.39, 0.29) is 4.47 Å². The van der Waals surface area contributed by atoms with Crippen LogP contribution >= 0.6 is 15.9 Å². The number of rotatable bonds is 5. The van der Waals surface area contributed by atoms with Gasteiger partial charge in [0, 0.05) is 13.1 Å². The number of hydrogen-bond acceptors (Lipinski definition) is 7. The van der Waals surface area contributed by atoms with E-state index in [1.165, 1.54) is 7.05 Å². The lowest BCUT2D eigenvalue weighted by molar-refractivity contribution is -0.491. The van der Waals surface area contributed by atoms with Gasteiger partial charge in [0.2, 0.25) is 0 Å². The fourth-order valence-corrected chi connectivity index (χ4v) is 2.23. The summed E-state index contributed by atoms with van der Waals surface area (Å²) in [7, 11) is 2.25. The Morgan fingerprint density at radius 2 is 1.75 bits per heavy atom. The Labute approximate surface area is 119 Å². The summed E-state index contributed by atoms with van der Waals surface area (Å²) in [5.74, 6) is 0. The van der Waals surface area contributed by atoms with E-state index in [0.717, 1.165) is 13.1 Å². The fraction of sp³-hybridized carbons (Fsp3) is 0.250. The third-order valence-corrected chi connectivity index (χ3v) is 3.01. The van der Waals surface area contributed by atoms with Crippen molar-refractivity contribution in [3.8, 4) is 0 Å². The fourth-order valence-electron chi connectivity index (χ4n) is 1.57. The molecule has 0 aromatic heterocycles. The van der Waals surface area contributed by atoms with Crippen molar-refractivity contribution in [1.82, 2.24) is 0 Å². The zero-order valence-electron chi connectivity index (χ0n) is 10.2. The summed E-state index contributed by atoms with van der Waals surface area (Å²) in [6, 6.07) is 0.966. The molecule has 108 valence electrons. The van der Waals surface area contributed by atoms with Gasteiger partial charge in [-0.2, -0.15) is 0 Å². The Morgan fingerprint density at radius 3 is 2.10 bits per heavy atom. The highest BCUT2D eigenvalue weighted by Gasteiger charge is 2.36. The molecule has 1 aromatic carbocycles. The molecule has 0 radical (unpaired) electrons.